The van der Waals surface area contributed by atoms with E-state index in [1.54, 1.807) is 0 Å². The Kier molecular flexibility index (Phi) is 4.52. The number of aromatic nitrogens is 1. The Hall–Kier alpha value is -1.86. The molecule has 0 aromatic carbocycles. The lowest BCUT2D eigenvalue weighted by Crippen LogP contribution is -2.44. The molecule has 0 aliphatic carbocycles. The van der Waals surface area contributed by atoms with Crippen LogP contribution in [0.3, 0.4) is 0 Å². The second-order valence-electron chi connectivity index (χ2n) is 5.50. The molecule has 1 aromatic heterocycles. The van der Waals surface area contributed by atoms with Gasteiger partial charge in [-0.25, -0.2) is 9.78 Å². The van der Waals surface area contributed by atoms with E-state index in [9.17, 15) is 4.79 Å². The zero-order valence-electron chi connectivity index (χ0n) is 12.1. The Morgan fingerprint density at radius 3 is 2.71 bits per heavy atom. The van der Waals surface area contributed by atoms with Crippen LogP contribution in [0.4, 0.5) is 10.6 Å². The minimum Gasteiger partial charge on any atom is -0.357 e. The van der Waals surface area contributed by atoms with Crippen LogP contribution in [0, 0.1) is 0 Å². The molecule has 2 fully saturated rings. The van der Waals surface area contributed by atoms with Crippen molar-refractivity contribution >= 4 is 11.8 Å². The monoisotopic (exact) mass is 290 g/mol. The number of nitrogens with one attached hydrogen (secondary N) is 4. The number of hydrazine groups is 1. The van der Waals surface area contributed by atoms with Gasteiger partial charge in [0.1, 0.15) is 5.82 Å². The number of carbonyl (C=O) groups excluding carboxylic acids is 1. The summed E-state index contributed by atoms with van der Waals surface area (Å²) in [5.41, 5.74) is 6.96. The van der Waals surface area contributed by atoms with Crippen LogP contribution in [0.1, 0.15) is 18.4 Å². The van der Waals surface area contributed by atoms with E-state index in [-0.39, 0.29) is 12.1 Å². The molecule has 0 radical (unpaired) electrons. The second kappa shape index (κ2) is 6.73. The fourth-order valence-electron chi connectivity index (χ4n) is 2.64. The van der Waals surface area contributed by atoms with Gasteiger partial charge < -0.3 is 15.5 Å². The van der Waals surface area contributed by atoms with Crippen LogP contribution in [0.5, 0.6) is 0 Å². The predicted octanol–water partition coefficient (Wildman–Crippen LogP) is -0.0426. The van der Waals surface area contributed by atoms with Gasteiger partial charge in [-0.3, -0.25) is 10.9 Å². The lowest BCUT2D eigenvalue weighted by Gasteiger charge is -2.16. The molecular formula is C14H22N6O. The van der Waals surface area contributed by atoms with Gasteiger partial charge in [0.25, 0.3) is 0 Å². The highest BCUT2D eigenvalue weighted by Gasteiger charge is 2.16. The van der Waals surface area contributed by atoms with E-state index in [0.29, 0.717) is 6.54 Å². The number of hydrogen-bond acceptors (Lipinski definition) is 5. The van der Waals surface area contributed by atoms with Crippen LogP contribution in [-0.2, 0) is 6.54 Å². The summed E-state index contributed by atoms with van der Waals surface area (Å²) in [7, 11) is 0. The lowest BCUT2D eigenvalue weighted by molar-refractivity contribution is 0.238. The molecule has 0 unspecified atom stereocenters. The van der Waals surface area contributed by atoms with Crippen molar-refractivity contribution in [2.24, 2.45) is 0 Å². The molecule has 4 N–H and O–H groups in total. The van der Waals surface area contributed by atoms with Crippen molar-refractivity contribution in [1.82, 2.24) is 26.5 Å². The number of rotatable bonds is 4. The summed E-state index contributed by atoms with van der Waals surface area (Å²) in [6.45, 7) is 4.18. The van der Waals surface area contributed by atoms with E-state index in [0.717, 1.165) is 37.6 Å². The molecule has 21 heavy (non-hydrogen) atoms. The number of urea groups is 1. The molecule has 7 nitrogen and oxygen atoms in total. The van der Waals surface area contributed by atoms with Crippen molar-refractivity contribution in [1.29, 1.82) is 0 Å². The van der Waals surface area contributed by atoms with Crippen LogP contribution in [0.25, 0.3) is 0 Å². The quantitative estimate of drug-likeness (QED) is 0.625. The number of amides is 2. The van der Waals surface area contributed by atoms with Gasteiger partial charge >= 0.3 is 6.03 Å². The minimum absolute atomic E-state index is 0.140. The topological polar surface area (TPSA) is 81.3 Å². The van der Waals surface area contributed by atoms with Gasteiger partial charge in [-0.05, 0) is 24.5 Å². The molecule has 7 heteroatoms. The summed E-state index contributed by atoms with van der Waals surface area (Å²) in [4.78, 5) is 18.5. The third-order valence-corrected chi connectivity index (χ3v) is 3.85. The SMILES string of the molecule is O=C(NCc1ccc(N2CCCC2)nc1)NC1CNNC1. The predicted molar refractivity (Wildman–Crippen MR) is 80.8 cm³/mol. The van der Waals surface area contributed by atoms with Gasteiger partial charge in [-0.15, -0.1) is 0 Å². The van der Waals surface area contributed by atoms with Crippen LogP contribution < -0.4 is 26.4 Å². The largest absolute Gasteiger partial charge is 0.357 e. The van der Waals surface area contributed by atoms with Crippen LogP contribution in [0.2, 0.25) is 0 Å². The highest BCUT2D eigenvalue weighted by atomic mass is 16.2. The van der Waals surface area contributed by atoms with Crippen molar-refractivity contribution in [3.63, 3.8) is 0 Å². The van der Waals surface area contributed by atoms with Crippen LogP contribution in [0.15, 0.2) is 18.3 Å². The number of pyridine rings is 1. The maximum Gasteiger partial charge on any atom is 0.315 e. The molecule has 2 amide bonds. The Labute approximate surface area is 124 Å². The van der Waals surface area contributed by atoms with E-state index < -0.39 is 0 Å². The molecule has 2 saturated heterocycles. The number of nitrogens with zero attached hydrogens (tertiary/aromatic N) is 2. The molecule has 3 rings (SSSR count). The third-order valence-electron chi connectivity index (χ3n) is 3.85. The first-order chi connectivity index (χ1) is 10.3. The number of anilines is 1. The molecular weight excluding hydrogens is 268 g/mol. The van der Waals surface area contributed by atoms with Crippen molar-refractivity contribution in [2.45, 2.75) is 25.4 Å². The molecule has 0 saturated carbocycles. The molecule has 3 heterocycles. The normalized spacial score (nSPS) is 19.0. The van der Waals surface area contributed by atoms with Gasteiger partial charge in [0, 0.05) is 38.9 Å². The fourth-order valence-corrected chi connectivity index (χ4v) is 2.64. The summed E-state index contributed by atoms with van der Waals surface area (Å²) in [5, 5.41) is 5.76. The zero-order chi connectivity index (χ0) is 14.5. The van der Waals surface area contributed by atoms with E-state index >= 15 is 0 Å². The average Bonchev–Trinajstić information content (AvgIpc) is 3.19. The molecule has 2 aliphatic heterocycles. The standard InChI is InChI=1S/C14H22N6O/c21-14(19-12-9-17-18-10-12)16-8-11-3-4-13(15-7-11)20-5-1-2-6-20/h3-4,7,12,17-18H,1-2,5-6,8-10H2,(H2,16,19,21). The fraction of sp³-hybridized carbons (Fsp3) is 0.571. The molecule has 0 spiro atoms. The first kappa shape index (κ1) is 14.1. The Morgan fingerprint density at radius 1 is 1.29 bits per heavy atom. The maximum absolute atomic E-state index is 11.7. The summed E-state index contributed by atoms with van der Waals surface area (Å²) in [6, 6.07) is 4.06. The lowest BCUT2D eigenvalue weighted by atomic mass is 10.2. The van der Waals surface area contributed by atoms with Crippen molar-refractivity contribution < 1.29 is 4.79 Å². The Bertz CT molecular complexity index is 465. The van der Waals surface area contributed by atoms with Gasteiger partial charge in [-0.1, -0.05) is 6.07 Å². The molecule has 0 atom stereocenters. The van der Waals surface area contributed by atoms with E-state index in [1.807, 2.05) is 18.3 Å². The highest BCUT2D eigenvalue weighted by Crippen LogP contribution is 2.17. The molecule has 0 bridgehead atoms. The summed E-state index contributed by atoms with van der Waals surface area (Å²) >= 11 is 0. The first-order valence-electron chi connectivity index (χ1n) is 7.51. The zero-order valence-corrected chi connectivity index (χ0v) is 12.1. The van der Waals surface area contributed by atoms with Gasteiger partial charge in [0.15, 0.2) is 0 Å². The van der Waals surface area contributed by atoms with Crippen LogP contribution >= 0.6 is 0 Å². The maximum atomic E-state index is 11.7. The smallest absolute Gasteiger partial charge is 0.315 e. The van der Waals surface area contributed by atoms with Crippen molar-refractivity contribution in [3.8, 4) is 0 Å². The van der Waals surface area contributed by atoms with E-state index in [1.165, 1.54) is 12.8 Å². The van der Waals surface area contributed by atoms with Crippen molar-refractivity contribution in [3.05, 3.63) is 23.9 Å². The number of carbonyl (C=O) groups is 1. The summed E-state index contributed by atoms with van der Waals surface area (Å²) in [5.74, 6) is 1.03. The van der Waals surface area contributed by atoms with E-state index in [4.69, 9.17) is 0 Å². The first-order valence-corrected chi connectivity index (χ1v) is 7.51. The van der Waals surface area contributed by atoms with Gasteiger partial charge in [0.05, 0.1) is 6.04 Å². The average molecular weight is 290 g/mol. The summed E-state index contributed by atoms with van der Waals surface area (Å²) in [6.07, 6.45) is 4.33. The Morgan fingerprint density at radius 2 is 2.05 bits per heavy atom. The molecule has 114 valence electrons. The molecule has 2 aliphatic rings. The number of hydrogen-bond donors (Lipinski definition) is 4. The second-order valence-corrected chi connectivity index (χ2v) is 5.50. The molecule has 1 aromatic rings. The highest BCUT2D eigenvalue weighted by molar-refractivity contribution is 5.74. The summed E-state index contributed by atoms with van der Waals surface area (Å²) < 4.78 is 0. The minimum atomic E-state index is -0.144. The van der Waals surface area contributed by atoms with Gasteiger partial charge in [-0.2, -0.15) is 0 Å². The Balaban J connectivity index is 1.45. The van der Waals surface area contributed by atoms with E-state index in [2.05, 4.69) is 31.4 Å². The van der Waals surface area contributed by atoms with Gasteiger partial charge in [0.2, 0.25) is 0 Å². The van der Waals surface area contributed by atoms with Crippen LogP contribution in [-0.4, -0.2) is 43.2 Å². The third kappa shape index (κ3) is 3.83. The van der Waals surface area contributed by atoms with Crippen molar-refractivity contribution in [2.75, 3.05) is 31.1 Å².